The molecule has 46 heavy (non-hydrogen) atoms. The standard InChI is InChI=1S/C32H28ClF4N7O2/c1-17(34)31(45)44-10-9-43(14-20(44)11-38-2)30-22-12-39-28(21-6-4-5-18-7-8-23(35)26(33)25(18)21)27(37)29(22)40-32(41-30)46-16-19-13-42(3)15-24(19)36/h4-8,12,19-20,24H,1,9-11,13-16H2,3H3/t19-,20+,24-/m1/s1. The summed E-state index contributed by atoms with van der Waals surface area (Å²) in [6.45, 7) is 11.3. The Balaban J connectivity index is 1.46. The zero-order valence-electron chi connectivity index (χ0n) is 24.7. The Morgan fingerprint density at radius 2 is 1.98 bits per heavy atom. The number of ether oxygens (including phenoxy) is 1. The second-order valence-electron chi connectivity index (χ2n) is 11.4. The predicted octanol–water partition coefficient (Wildman–Crippen LogP) is 5.47. The highest BCUT2D eigenvalue weighted by Gasteiger charge is 2.36. The van der Waals surface area contributed by atoms with Crippen LogP contribution in [0.1, 0.15) is 0 Å². The summed E-state index contributed by atoms with van der Waals surface area (Å²) >= 11 is 6.33. The van der Waals surface area contributed by atoms with E-state index >= 15 is 4.39 Å². The minimum absolute atomic E-state index is 0.0374. The summed E-state index contributed by atoms with van der Waals surface area (Å²) in [4.78, 5) is 34.0. The van der Waals surface area contributed by atoms with Crippen LogP contribution in [0.2, 0.25) is 5.02 Å². The summed E-state index contributed by atoms with van der Waals surface area (Å²) in [6, 6.07) is 6.80. The average Bonchev–Trinajstić information content (AvgIpc) is 3.37. The third-order valence-corrected chi connectivity index (χ3v) is 8.75. The Morgan fingerprint density at radius 1 is 1.17 bits per heavy atom. The lowest BCUT2D eigenvalue weighted by Gasteiger charge is -2.39. The SMILES string of the molecule is [C-]#[N+]C[C@H]1CN(c2nc(OC[C@H]3CN(C)C[C@H]3F)nc3c(F)c(-c4cccc5ccc(F)c(Cl)c45)ncc23)CCN1C(=O)C(=C)F. The number of benzene rings is 2. The maximum absolute atomic E-state index is 16.6. The predicted molar refractivity (Wildman–Crippen MR) is 166 cm³/mol. The summed E-state index contributed by atoms with van der Waals surface area (Å²) in [6.07, 6.45) is 0.256. The lowest BCUT2D eigenvalue weighted by atomic mass is 10.0. The van der Waals surface area contributed by atoms with Crippen molar-refractivity contribution in [3.05, 3.63) is 77.0 Å². The summed E-state index contributed by atoms with van der Waals surface area (Å²) in [5, 5.41) is 0.871. The van der Waals surface area contributed by atoms with E-state index in [0.717, 1.165) is 0 Å². The van der Waals surface area contributed by atoms with Gasteiger partial charge in [0, 0.05) is 55.8 Å². The van der Waals surface area contributed by atoms with Crippen LogP contribution in [0.25, 0.3) is 37.8 Å². The molecule has 9 nitrogen and oxygen atoms in total. The number of anilines is 1. The van der Waals surface area contributed by atoms with E-state index in [4.69, 9.17) is 22.9 Å². The van der Waals surface area contributed by atoms with Gasteiger partial charge in [0.2, 0.25) is 6.54 Å². The Kier molecular flexibility index (Phi) is 8.67. The van der Waals surface area contributed by atoms with Crippen molar-refractivity contribution in [3.63, 3.8) is 0 Å². The molecule has 0 aliphatic carbocycles. The molecule has 2 aromatic carbocycles. The zero-order chi connectivity index (χ0) is 32.7. The van der Waals surface area contributed by atoms with Gasteiger partial charge in [-0.15, -0.1) is 0 Å². The van der Waals surface area contributed by atoms with Crippen LogP contribution in [-0.2, 0) is 4.79 Å². The van der Waals surface area contributed by atoms with Crippen LogP contribution in [0.5, 0.6) is 6.01 Å². The molecule has 0 saturated carbocycles. The number of carbonyl (C=O) groups is 1. The van der Waals surface area contributed by atoms with Crippen molar-refractivity contribution in [1.29, 1.82) is 0 Å². The molecule has 3 atom stereocenters. The Labute approximate surface area is 266 Å². The topological polar surface area (TPSA) is 79.1 Å². The van der Waals surface area contributed by atoms with E-state index in [0.29, 0.717) is 11.9 Å². The van der Waals surface area contributed by atoms with Gasteiger partial charge < -0.3 is 24.3 Å². The fraction of sp³-hybridized carbons (Fsp3) is 0.344. The number of amides is 1. The molecule has 0 spiro atoms. The highest BCUT2D eigenvalue weighted by atomic mass is 35.5. The number of nitrogens with zero attached hydrogens (tertiary/aromatic N) is 7. The highest BCUT2D eigenvalue weighted by molar-refractivity contribution is 6.36. The Morgan fingerprint density at radius 3 is 2.70 bits per heavy atom. The number of rotatable bonds is 7. The van der Waals surface area contributed by atoms with Gasteiger partial charge in [0.1, 0.15) is 35.1 Å². The molecule has 6 rings (SSSR count). The lowest BCUT2D eigenvalue weighted by Crippen LogP contribution is -2.56. The number of pyridine rings is 1. The van der Waals surface area contributed by atoms with Gasteiger partial charge in [-0.3, -0.25) is 9.78 Å². The Bertz CT molecular complexity index is 1900. The van der Waals surface area contributed by atoms with Gasteiger partial charge in [0.25, 0.3) is 5.91 Å². The van der Waals surface area contributed by atoms with Gasteiger partial charge in [-0.05, 0) is 18.5 Å². The van der Waals surface area contributed by atoms with E-state index in [1.54, 1.807) is 30.1 Å². The molecule has 4 heterocycles. The second-order valence-corrected chi connectivity index (χ2v) is 11.8. The largest absolute Gasteiger partial charge is 0.463 e. The molecule has 4 aromatic rings. The average molecular weight is 654 g/mol. The molecule has 0 unspecified atom stereocenters. The van der Waals surface area contributed by atoms with Crippen molar-refractivity contribution in [1.82, 2.24) is 24.8 Å². The summed E-state index contributed by atoms with van der Waals surface area (Å²) in [7, 11) is 1.80. The van der Waals surface area contributed by atoms with Gasteiger partial charge in [-0.1, -0.05) is 42.4 Å². The minimum atomic E-state index is -1.14. The summed E-state index contributed by atoms with van der Waals surface area (Å²) in [5.41, 5.74) is -0.0496. The molecule has 238 valence electrons. The molecule has 0 bridgehead atoms. The molecule has 2 fully saturated rings. The molecule has 2 saturated heterocycles. The van der Waals surface area contributed by atoms with Crippen LogP contribution in [-0.4, -0.2) is 95.8 Å². The molecule has 2 aliphatic heterocycles. The summed E-state index contributed by atoms with van der Waals surface area (Å²) in [5.74, 6) is -3.80. The molecule has 2 aromatic heterocycles. The maximum Gasteiger partial charge on any atom is 0.319 e. The van der Waals surface area contributed by atoms with Crippen LogP contribution in [0, 0.1) is 24.1 Å². The third kappa shape index (κ3) is 5.78. The number of piperazine rings is 1. The monoisotopic (exact) mass is 653 g/mol. The first-order valence-electron chi connectivity index (χ1n) is 14.5. The number of carbonyl (C=O) groups excluding carboxylic acids is 1. The number of hydrogen-bond donors (Lipinski definition) is 0. The van der Waals surface area contributed by atoms with Crippen molar-refractivity contribution in [2.24, 2.45) is 5.92 Å². The first-order chi connectivity index (χ1) is 22.1. The van der Waals surface area contributed by atoms with Crippen LogP contribution in [0.15, 0.2) is 48.9 Å². The maximum atomic E-state index is 16.6. The lowest BCUT2D eigenvalue weighted by molar-refractivity contribution is -0.131. The minimum Gasteiger partial charge on any atom is -0.463 e. The van der Waals surface area contributed by atoms with Crippen molar-refractivity contribution >= 4 is 45.0 Å². The van der Waals surface area contributed by atoms with Crippen LogP contribution in [0.4, 0.5) is 23.4 Å². The van der Waals surface area contributed by atoms with E-state index in [2.05, 4.69) is 26.4 Å². The zero-order valence-corrected chi connectivity index (χ0v) is 25.4. The van der Waals surface area contributed by atoms with Crippen LogP contribution in [0.3, 0.4) is 0 Å². The Hall–Kier alpha value is -4.54. The normalized spacial score (nSPS) is 20.3. The molecule has 1 amide bonds. The van der Waals surface area contributed by atoms with Crippen molar-refractivity contribution in [3.8, 4) is 17.3 Å². The molecule has 0 N–H and O–H groups in total. The number of alkyl halides is 1. The molecular weight excluding hydrogens is 626 g/mol. The van der Waals surface area contributed by atoms with Crippen molar-refractivity contribution in [2.45, 2.75) is 12.2 Å². The van der Waals surface area contributed by atoms with E-state index < -0.39 is 41.5 Å². The van der Waals surface area contributed by atoms with Gasteiger partial charge in [0.15, 0.2) is 11.6 Å². The number of halogens is 5. The van der Waals surface area contributed by atoms with E-state index in [-0.39, 0.29) is 83.7 Å². The first-order valence-corrected chi connectivity index (χ1v) is 14.9. The van der Waals surface area contributed by atoms with Crippen LogP contribution < -0.4 is 9.64 Å². The molecular formula is C32H28ClF4N7O2. The van der Waals surface area contributed by atoms with Gasteiger partial charge >= 0.3 is 6.01 Å². The number of likely N-dealkylation sites (tertiary alicyclic amines) is 1. The van der Waals surface area contributed by atoms with E-state index in [1.165, 1.54) is 23.2 Å². The quantitative estimate of drug-likeness (QED) is 0.149. The fourth-order valence-corrected chi connectivity index (χ4v) is 6.40. The second kappa shape index (κ2) is 12.7. The molecule has 14 heteroatoms. The van der Waals surface area contributed by atoms with Gasteiger partial charge in [-0.2, -0.15) is 9.97 Å². The van der Waals surface area contributed by atoms with E-state index in [9.17, 15) is 18.0 Å². The molecule has 0 radical (unpaired) electrons. The van der Waals surface area contributed by atoms with Crippen molar-refractivity contribution in [2.75, 3.05) is 57.8 Å². The van der Waals surface area contributed by atoms with Gasteiger partial charge in [0.05, 0.1) is 17.0 Å². The van der Waals surface area contributed by atoms with Crippen LogP contribution >= 0.6 is 11.6 Å². The third-order valence-electron chi connectivity index (χ3n) is 8.38. The number of hydrogen-bond acceptors (Lipinski definition) is 7. The number of aromatic nitrogens is 3. The molecule has 2 aliphatic rings. The van der Waals surface area contributed by atoms with Gasteiger partial charge in [-0.25, -0.2) is 24.1 Å². The van der Waals surface area contributed by atoms with Crippen molar-refractivity contribution < 1.29 is 27.1 Å². The smallest absolute Gasteiger partial charge is 0.319 e. The van der Waals surface area contributed by atoms with E-state index in [1.807, 2.05) is 4.90 Å². The number of fused-ring (bicyclic) bond motifs is 2. The fourth-order valence-electron chi connectivity index (χ4n) is 6.13. The summed E-state index contributed by atoms with van der Waals surface area (Å²) < 4.78 is 65.3. The highest BCUT2D eigenvalue weighted by Crippen LogP contribution is 2.38. The first kappa shape index (κ1) is 31.4.